The average molecular weight is 230 g/mol. The van der Waals surface area contributed by atoms with Crippen molar-refractivity contribution in [2.24, 2.45) is 0 Å². The first-order valence-electron chi connectivity index (χ1n) is 5.95. The maximum absolute atomic E-state index is 5.90. The molecule has 1 atom stereocenters. The zero-order valence-corrected chi connectivity index (χ0v) is 10.5. The van der Waals surface area contributed by atoms with Crippen molar-refractivity contribution in [2.45, 2.75) is 33.1 Å². The van der Waals surface area contributed by atoms with Crippen molar-refractivity contribution >= 4 is 5.69 Å². The van der Waals surface area contributed by atoms with E-state index in [1.807, 2.05) is 19.1 Å². The second kappa shape index (κ2) is 4.62. The fourth-order valence-electron chi connectivity index (χ4n) is 1.78. The summed E-state index contributed by atoms with van der Waals surface area (Å²) in [5.74, 6) is 1.25. The van der Waals surface area contributed by atoms with Crippen molar-refractivity contribution in [1.82, 2.24) is 5.16 Å². The Morgan fingerprint density at radius 1 is 1.29 bits per heavy atom. The maximum atomic E-state index is 5.90. The molecule has 0 spiro atoms. The molecule has 2 rings (SSSR count). The van der Waals surface area contributed by atoms with Gasteiger partial charge in [-0.3, -0.25) is 0 Å². The lowest BCUT2D eigenvalue weighted by Gasteiger charge is -2.08. The minimum absolute atomic E-state index is 0.581. The van der Waals surface area contributed by atoms with E-state index >= 15 is 0 Å². The summed E-state index contributed by atoms with van der Waals surface area (Å²) in [5.41, 5.74) is 9.59. The van der Waals surface area contributed by atoms with E-state index in [1.165, 1.54) is 5.56 Å². The van der Waals surface area contributed by atoms with Gasteiger partial charge in [0.25, 0.3) is 0 Å². The molecule has 0 bridgehead atoms. The Balaban J connectivity index is 2.32. The summed E-state index contributed by atoms with van der Waals surface area (Å²) < 4.78 is 5.23. The smallest absolute Gasteiger partial charge is 0.189 e. The molecule has 17 heavy (non-hydrogen) atoms. The van der Waals surface area contributed by atoms with E-state index in [0.717, 1.165) is 17.7 Å². The van der Waals surface area contributed by atoms with Gasteiger partial charge in [-0.15, -0.1) is 0 Å². The van der Waals surface area contributed by atoms with E-state index in [4.69, 9.17) is 10.3 Å². The number of benzene rings is 1. The second-order valence-corrected chi connectivity index (χ2v) is 4.44. The summed E-state index contributed by atoms with van der Waals surface area (Å²) in [6.45, 7) is 6.26. The molecule has 0 radical (unpaired) electrons. The van der Waals surface area contributed by atoms with Crippen molar-refractivity contribution < 1.29 is 4.52 Å². The number of nitrogens with zero attached hydrogens (tertiary/aromatic N) is 1. The molecule has 3 heteroatoms. The van der Waals surface area contributed by atoms with E-state index < -0.39 is 0 Å². The Labute approximate surface area is 102 Å². The van der Waals surface area contributed by atoms with Crippen LogP contribution < -0.4 is 5.73 Å². The van der Waals surface area contributed by atoms with Gasteiger partial charge >= 0.3 is 0 Å². The van der Waals surface area contributed by atoms with Crippen molar-refractivity contribution in [1.29, 1.82) is 0 Å². The van der Waals surface area contributed by atoms with E-state index in [2.05, 4.69) is 31.1 Å². The lowest BCUT2D eigenvalue weighted by atomic mass is 9.97. The quantitative estimate of drug-likeness (QED) is 0.873. The Morgan fingerprint density at radius 3 is 2.41 bits per heavy atom. The zero-order valence-electron chi connectivity index (χ0n) is 10.5. The lowest BCUT2D eigenvalue weighted by Crippen LogP contribution is -1.91. The Morgan fingerprint density at radius 2 is 1.94 bits per heavy atom. The van der Waals surface area contributed by atoms with Crippen LogP contribution in [0.2, 0.25) is 0 Å². The van der Waals surface area contributed by atoms with Crippen molar-refractivity contribution in [2.75, 3.05) is 5.73 Å². The summed E-state index contributed by atoms with van der Waals surface area (Å²) in [6, 6.07) is 8.33. The highest BCUT2D eigenvalue weighted by atomic mass is 16.5. The number of nitrogen functional groups attached to an aromatic ring is 1. The molecule has 2 N–H and O–H groups in total. The molecular formula is C14H18N2O. The molecule has 0 aliphatic rings. The number of rotatable bonds is 3. The molecule has 0 amide bonds. The van der Waals surface area contributed by atoms with E-state index in [-0.39, 0.29) is 0 Å². The fourth-order valence-corrected chi connectivity index (χ4v) is 1.78. The summed E-state index contributed by atoms with van der Waals surface area (Å²) >= 11 is 0. The van der Waals surface area contributed by atoms with Crippen LogP contribution in [-0.4, -0.2) is 5.16 Å². The number of aromatic nitrogens is 1. The van der Waals surface area contributed by atoms with E-state index in [1.54, 1.807) is 0 Å². The van der Waals surface area contributed by atoms with Crippen molar-refractivity contribution in [3.05, 3.63) is 35.5 Å². The number of nitrogens with two attached hydrogens (primary N) is 1. The summed E-state index contributed by atoms with van der Waals surface area (Å²) in [7, 11) is 0. The number of anilines is 1. The van der Waals surface area contributed by atoms with Gasteiger partial charge in [0.05, 0.1) is 0 Å². The monoisotopic (exact) mass is 230 g/mol. The lowest BCUT2D eigenvalue weighted by molar-refractivity contribution is 0.427. The van der Waals surface area contributed by atoms with Crippen LogP contribution in [0.15, 0.2) is 28.8 Å². The SMILES string of the molecule is CCC(C)c1ccc(-c2onc(C)c2N)cc1. The molecular weight excluding hydrogens is 212 g/mol. The van der Waals surface area contributed by atoms with Crippen molar-refractivity contribution in [3.63, 3.8) is 0 Å². The fraction of sp³-hybridized carbons (Fsp3) is 0.357. The van der Waals surface area contributed by atoms with E-state index in [0.29, 0.717) is 17.4 Å². The molecule has 0 aliphatic carbocycles. The predicted octanol–water partition coefficient (Wildman–Crippen LogP) is 3.75. The van der Waals surface area contributed by atoms with Gasteiger partial charge in [0.1, 0.15) is 11.4 Å². The normalized spacial score (nSPS) is 12.6. The van der Waals surface area contributed by atoms with Gasteiger partial charge < -0.3 is 10.3 Å². The molecule has 1 aromatic heterocycles. The van der Waals surface area contributed by atoms with Gasteiger partial charge in [-0.2, -0.15) is 0 Å². The molecule has 3 nitrogen and oxygen atoms in total. The number of hydrogen-bond acceptors (Lipinski definition) is 3. The summed E-state index contributed by atoms with van der Waals surface area (Å²) in [4.78, 5) is 0. The zero-order chi connectivity index (χ0) is 12.4. The van der Waals surface area contributed by atoms with Gasteiger partial charge in [0.2, 0.25) is 0 Å². The van der Waals surface area contributed by atoms with Gasteiger partial charge in [-0.05, 0) is 24.8 Å². The maximum Gasteiger partial charge on any atom is 0.189 e. The Bertz CT molecular complexity index is 499. The minimum atomic E-state index is 0.581. The van der Waals surface area contributed by atoms with Crippen LogP contribution in [0.5, 0.6) is 0 Å². The molecule has 0 saturated heterocycles. The molecule has 1 unspecified atom stereocenters. The van der Waals surface area contributed by atoms with Crippen molar-refractivity contribution in [3.8, 4) is 11.3 Å². The van der Waals surface area contributed by atoms with Crippen LogP contribution >= 0.6 is 0 Å². The topological polar surface area (TPSA) is 52.0 Å². The Hall–Kier alpha value is -1.77. The molecule has 0 aliphatic heterocycles. The number of aryl methyl sites for hydroxylation is 1. The summed E-state index contributed by atoms with van der Waals surface area (Å²) in [5, 5.41) is 3.87. The third-order valence-corrected chi connectivity index (χ3v) is 3.26. The third-order valence-electron chi connectivity index (χ3n) is 3.26. The molecule has 90 valence electrons. The second-order valence-electron chi connectivity index (χ2n) is 4.44. The average Bonchev–Trinajstić information content (AvgIpc) is 2.69. The highest BCUT2D eigenvalue weighted by Gasteiger charge is 2.12. The van der Waals surface area contributed by atoms with Crippen LogP contribution in [0.25, 0.3) is 11.3 Å². The predicted molar refractivity (Wildman–Crippen MR) is 69.8 cm³/mol. The highest BCUT2D eigenvalue weighted by Crippen LogP contribution is 2.29. The van der Waals surface area contributed by atoms with E-state index in [9.17, 15) is 0 Å². The van der Waals surface area contributed by atoms with Gasteiger partial charge in [-0.25, -0.2) is 0 Å². The van der Waals surface area contributed by atoms with Crippen LogP contribution in [0.3, 0.4) is 0 Å². The minimum Gasteiger partial charge on any atom is -0.394 e. The molecule has 0 saturated carbocycles. The first-order chi connectivity index (χ1) is 8.13. The number of hydrogen-bond donors (Lipinski definition) is 1. The van der Waals surface area contributed by atoms with Crippen LogP contribution in [-0.2, 0) is 0 Å². The van der Waals surface area contributed by atoms with Gasteiger partial charge in [-0.1, -0.05) is 43.3 Å². The molecule has 0 fully saturated rings. The molecule has 2 aromatic rings. The largest absolute Gasteiger partial charge is 0.394 e. The van der Waals surface area contributed by atoms with Crippen LogP contribution in [0, 0.1) is 6.92 Å². The van der Waals surface area contributed by atoms with Crippen LogP contribution in [0.4, 0.5) is 5.69 Å². The Kier molecular flexibility index (Phi) is 3.18. The van der Waals surface area contributed by atoms with Gasteiger partial charge in [0.15, 0.2) is 5.76 Å². The molecule has 1 aromatic carbocycles. The third kappa shape index (κ3) is 2.18. The standard InChI is InChI=1S/C14H18N2O/c1-4-9(2)11-5-7-12(8-6-11)14-13(15)10(3)16-17-14/h5-9H,4,15H2,1-3H3. The highest BCUT2D eigenvalue weighted by molar-refractivity contribution is 5.72. The first-order valence-corrected chi connectivity index (χ1v) is 5.95. The molecule has 1 heterocycles. The van der Waals surface area contributed by atoms with Crippen LogP contribution in [0.1, 0.15) is 37.4 Å². The van der Waals surface area contributed by atoms with Gasteiger partial charge in [0, 0.05) is 5.56 Å². The summed E-state index contributed by atoms with van der Waals surface area (Å²) in [6.07, 6.45) is 1.14. The first kappa shape index (κ1) is 11.7.